The van der Waals surface area contributed by atoms with Crippen LogP contribution in [0.3, 0.4) is 0 Å². The normalized spacial score (nSPS) is 14.9. The van der Waals surface area contributed by atoms with Crippen molar-refractivity contribution in [3.63, 3.8) is 0 Å². The van der Waals surface area contributed by atoms with Gasteiger partial charge in [0.2, 0.25) is 0 Å². The number of hydrogen-bond donors (Lipinski definition) is 0. The van der Waals surface area contributed by atoms with E-state index in [9.17, 15) is 0 Å². The van der Waals surface area contributed by atoms with Crippen molar-refractivity contribution in [2.45, 2.75) is 59.4 Å². The molecule has 0 bridgehead atoms. The van der Waals surface area contributed by atoms with Gasteiger partial charge in [-0.3, -0.25) is 0 Å². The molecule has 0 aliphatic carbocycles. The zero-order valence-electron chi connectivity index (χ0n) is 14.1. The second kappa shape index (κ2) is 6.75. The van der Waals surface area contributed by atoms with Crippen molar-refractivity contribution < 1.29 is 4.43 Å². The molecule has 1 nitrogen and oxygen atoms in total. The molecule has 0 radical (unpaired) electrons. The monoisotopic (exact) mass is 304 g/mol. The molecule has 1 atom stereocenters. The number of aryl methyl sites for hydroxylation is 1. The highest BCUT2D eigenvalue weighted by Crippen LogP contribution is 2.20. The van der Waals surface area contributed by atoms with E-state index in [0.717, 1.165) is 6.42 Å². The summed E-state index contributed by atoms with van der Waals surface area (Å²) in [6.07, 6.45) is 0.950. The van der Waals surface area contributed by atoms with Crippen molar-refractivity contribution in [1.29, 1.82) is 0 Å². The largest absolute Gasteiger partial charge is 0.402 e. The summed E-state index contributed by atoms with van der Waals surface area (Å²) in [4.78, 5) is 0. The van der Waals surface area contributed by atoms with Gasteiger partial charge < -0.3 is 4.43 Å². The fourth-order valence-electron chi connectivity index (χ4n) is 2.19. The van der Waals surface area contributed by atoms with Gasteiger partial charge in [0.15, 0.2) is 8.32 Å². The van der Waals surface area contributed by atoms with Crippen LogP contribution in [0.4, 0.5) is 0 Å². The van der Waals surface area contributed by atoms with Gasteiger partial charge in [-0.1, -0.05) is 31.0 Å². The summed E-state index contributed by atoms with van der Waals surface area (Å²) in [7, 11) is -2.08. The summed E-state index contributed by atoms with van der Waals surface area (Å²) < 4.78 is 6.25. The molecule has 0 aliphatic heterocycles. The predicted octanol–water partition coefficient (Wildman–Crippen LogP) is 3.08. The molecule has 0 aromatic heterocycles. The topological polar surface area (TPSA) is 9.23 Å². The summed E-state index contributed by atoms with van der Waals surface area (Å²) in [6, 6.07) is 6.54. The van der Waals surface area contributed by atoms with Crippen LogP contribution in [0.25, 0.3) is 0 Å². The van der Waals surface area contributed by atoms with Gasteiger partial charge in [-0.25, -0.2) is 0 Å². The van der Waals surface area contributed by atoms with E-state index in [1.807, 2.05) is 0 Å². The Hall–Kier alpha value is -0.826. The molecule has 0 N–H and O–H groups in total. The molecular weight excluding hydrogens is 276 g/mol. The van der Waals surface area contributed by atoms with Crippen molar-refractivity contribution in [1.82, 2.24) is 0 Å². The zero-order valence-corrected chi connectivity index (χ0v) is 16.5. The lowest BCUT2D eigenvalue weighted by molar-refractivity contribution is 0.138. The van der Waals surface area contributed by atoms with E-state index in [0.29, 0.717) is 0 Å². The van der Waals surface area contributed by atoms with Crippen LogP contribution < -0.4 is 5.19 Å². The maximum atomic E-state index is 6.25. The Morgan fingerprint density at radius 3 is 2.45 bits per heavy atom. The third-order valence-corrected chi connectivity index (χ3v) is 6.12. The summed E-state index contributed by atoms with van der Waals surface area (Å²) in [5.74, 6) is 3.42. The average Bonchev–Trinajstić information content (AvgIpc) is 2.32. The molecule has 20 heavy (non-hydrogen) atoms. The molecule has 3 heteroatoms. The Morgan fingerprint density at radius 2 is 1.90 bits per heavy atom. The standard InChI is InChI=1S/C17H28OSi2/c1-8-17(4,18-20(5,6)7)12-13-19-16-11-9-10-14(2)15(16)3/h9-11H,8,19H2,1-7H3. The molecule has 1 rings (SSSR count). The van der Waals surface area contributed by atoms with Crippen molar-refractivity contribution in [2.24, 2.45) is 0 Å². The van der Waals surface area contributed by atoms with Gasteiger partial charge in [0.25, 0.3) is 0 Å². The van der Waals surface area contributed by atoms with Crippen LogP contribution in [0.15, 0.2) is 18.2 Å². The molecule has 0 aliphatic rings. The smallest absolute Gasteiger partial charge is 0.185 e. The molecular formula is C17H28OSi2. The molecule has 0 fully saturated rings. The van der Waals surface area contributed by atoms with Gasteiger partial charge in [0.05, 0.1) is 0 Å². The van der Waals surface area contributed by atoms with Crippen molar-refractivity contribution in [2.75, 3.05) is 0 Å². The van der Waals surface area contributed by atoms with E-state index >= 15 is 0 Å². The first-order valence-corrected chi connectivity index (χ1v) is 12.2. The first-order chi connectivity index (χ1) is 9.17. The van der Waals surface area contributed by atoms with Gasteiger partial charge in [-0.15, -0.1) is 5.54 Å². The minimum absolute atomic E-state index is 0.269. The van der Waals surface area contributed by atoms with Crippen LogP contribution in [0.5, 0.6) is 0 Å². The van der Waals surface area contributed by atoms with Crippen LogP contribution in [-0.2, 0) is 4.43 Å². The lowest BCUT2D eigenvalue weighted by Crippen LogP contribution is -2.39. The van der Waals surface area contributed by atoms with Crippen molar-refractivity contribution >= 4 is 23.0 Å². The van der Waals surface area contributed by atoms with E-state index in [1.165, 1.54) is 16.3 Å². The Kier molecular flexibility index (Phi) is 5.82. The lowest BCUT2D eigenvalue weighted by atomic mass is 10.1. The van der Waals surface area contributed by atoms with Gasteiger partial charge in [-0.2, -0.15) is 0 Å². The Labute approximate surface area is 128 Å². The molecule has 1 aromatic carbocycles. The quantitative estimate of drug-likeness (QED) is 0.613. The summed E-state index contributed by atoms with van der Waals surface area (Å²) in [6.45, 7) is 15.4. The van der Waals surface area contributed by atoms with Crippen LogP contribution in [0.2, 0.25) is 19.6 Å². The zero-order chi connectivity index (χ0) is 15.4. The Bertz CT molecular complexity index is 520. The molecule has 0 heterocycles. The molecule has 110 valence electrons. The molecule has 1 aromatic rings. The predicted molar refractivity (Wildman–Crippen MR) is 95.0 cm³/mol. The van der Waals surface area contributed by atoms with E-state index in [4.69, 9.17) is 4.43 Å². The van der Waals surface area contributed by atoms with Crippen LogP contribution in [0.1, 0.15) is 31.4 Å². The minimum atomic E-state index is -1.55. The number of hydrogen-bond acceptors (Lipinski definition) is 1. The minimum Gasteiger partial charge on any atom is -0.402 e. The highest BCUT2D eigenvalue weighted by atomic mass is 28.4. The SMILES string of the molecule is CCC(C)(C#C[SiH2]c1cccc(C)c1C)O[Si](C)(C)C. The fraction of sp³-hybridized carbons (Fsp3) is 0.529. The second-order valence-corrected chi connectivity index (χ2v) is 12.5. The van der Waals surface area contributed by atoms with Crippen molar-refractivity contribution in [3.8, 4) is 11.5 Å². The van der Waals surface area contributed by atoms with E-state index in [1.54, 1.807) is 0 Å². The van der Waals surface area contributed by atoms with Gasteiger partial charge >= 0.3 is 0 Å². The fourth-order valence-corrected chi connectivity index (χ4v) is 5.19. The Morgan fingerprint density at radius 1 is 1.25 bits per heavy atom. The van der Waals surface area contributed by atoms with E-state index in [-0.39, 0.29) is 5.60 Å². The maximum Gasteiger partial charge on any atom is 0.185 e. The summed E-state index contributed by atoms with van der Waals surface area (Å²) >= 11 is 0. The average molecular weight is 305 g/mol. The van der Waals surface area contributed by atoms with Crippen LogP contribution >= 0.6 is 0 Å². The molecule has 1 unspecified atom stereocenters. The molecule has 0 saturated heterocycles. The third kappa shape index (κ3) is 5.28. The highest BCUT2D eigenvalue weighted by molar-refractivity contribution is 6.69. The summed E-state index contributed by atoms with van der Waals surface area (Å²) in [5.41, 5.74) is 5.98. The Balaban J connectivity index is 2.85. The first kappa shape index (κ1) is 17.2. The van der Waals surface area contributed by atoms with Crippen LogP contribution in [-0.4, -0.2) is 23.4 Å². The first-order valence-electron chi connectivity index (χ1n) is 7.42. The van der Waals surface area contributed by atoms with Crippen molar-refractivity contribution in [3.05, 3.63) is 29.3 Å². The van der Waals surface area contributed by atoms with E-state index in [2.05, 4.69) is 77.0 Å². The van der Waals surface area contributed by atoms with Gasteiger partial charge in [-0.05, 0) is 63.1 Å². The van der Waals surface area contributed by atoms with Gasteiger partial charge in [0, 0.05) is 0 Å². The molecule has 0 spiro atoms. The maximum absolute atomic E-state index is 6.25. The number of benzene rings is 1. The van der Waals surface area contributed by atoms with E-state index < -0.39 is 17.8 Å². The highest BCUT2D eigenvalue weighted by Gasteiger charge is 2.28. The summed E-state index contributed by atoms with van der Waals surface area (Å²) in [5, 5.41) is 1.46. The lowest BCUT2D eigenvalue weighted by Gasteiger charge is -2.31. The molecule has 0 saturated carbocycles. The number of rotatable bonds is 4. The molecule has 0 amide bonds. The van der Waals surface area contributed by atoms with Crippen LogP contribution in [0, 0.1) is 25.3 Å². The second-order valence-electron chi connectivity index (χ2n) is 6.64. The third-order valence-electron chi connectivity index (χ3n) is 3.55. The van der Waals surface area contributed by atoms with Gasteiger partial charge in [0.1, 0.15) is 15.1 Å².